The van der Waals surface area contributed by atoms with E-state index < -0.39 is 6.17 Å². The van der Waals surface area contributed by atoms with Gasteiger partial charge in [-0.2, -0.15) is 0 Å². The van der Waals surface area contributed by atoms with Crippen molar-refractivity contribution in [3.8, 4) is 0 Å². The molecule has 68 valence electrons. The van der Waals surface area contributed by atoms with Crippen molar-refractivity contribution >= 4 is 22.6 Å². The highest BCUT2D eigenvalue weighted by Gasteiger charge is 2.54. The molecular formula is C10H14FI. The quantitative estimate of drug-likeness (QED) is 0.471. The van der Waals surface area contributed by atoms with Gasteiger partial charge in [0.05, 0.1) is 0 Å². The standard InChI is InChI=1S/C10H14FI/c11-9-7-1-6-2-8(9)5-10(12,3-6)4-7/h6-9H,1-5H2/t6?,7-,8+,9?,10?. The van der Waals surface area contributed by atoms with Crippen molar-refractivity contribution in [1.29, 1.82) is 0 Å². The number of hydrogen-bond acceptors (Lipinski definition) is 0. The van der Waals surface area contributed by atoms with Crippen molar-refractivity contribution in [2.24, 2.45) is 17.8 Å². The van der Waals surface area contributed by atoms with Crippen LogP contribution in [-0.4, -0.2) is 9.59 Å². The van der Waals surface area contributed by atoms with Crippen LogP contribution in [0, 0.1) is 17.8 Å². The number of rotatable bonds is 0. The van der Waals surface area contributed by atoms with E-state index in [1.807, 2.05) is 0 Å². The molecule has 5 atom stereocenters. The third-order valence-electron chi connectivity index (χ3n) is 4.08. The summed E-state index contributed by atoms with van der Waals surface area (Å²) in [5, 5.41) is 0. The Bertz CT molecular complexity index is 200. The minimum atomic E-state index is -0.440. The van der Waals surface area contributed by atoms with Crippen LogP contribution in [0.5, 0.6) is 0 Å². The van der Waals surface area contributed by atoms with E-state index in [0.29, 0.717) is 15.3 Å². The molecule has 4 bridgehead atoms. The second-order valence-electron chi connectivity index (χ2n) is 5.07. The second-order valence-corrected chi connectivity index (χ2v) is 7.35. The first-order valence-electron chi connectivity index (χ1n) is 4.99. The molecule has 4 fully saturated rings. The maximum absolute atomic E-state index is 13.7. The molecule has 4 aliphatic carbocycles. The lowest BCUT2D eigenvalue weighted by molar-refractivity contribution is -0.0335. The Hall–Kier alpha value is 0.660. The summed E-state index contributed by atoms with van der Waals surface area (Å²) < 4.78 is 14.2. The largest absolute Gasteiger partial charge is 0.247 e. The van der Waals surface area contributed by atoms with Crippen LogP contribution in [0.25, 0.3) is 0 Å². The van der Waals surface area contributed by atoms with E-state index in [4.69, 9.17) is 0 Å². The normalized spacial score (nSPS) is 62.5. The molecule has 3 unspecified atom stereocenters. The highest BCUT2D eigenvalue weighted by atomic mass is 127. The molecule has 0 nitrogen and oxygen atoms in total. The Balaban J connectivity index is 1.95. The predicted molar refractivity (Wildman–Crippen MR) is 55.2 cm³/mol. The van der Waals surface area contributed by atoms with Crippen molar-refractivity contribution < 1.29 is 4.39 Å². The summed E-state index contributed by atoms with van der Waals surface area (Å²) in [5.74, 6) is 1.76. The summed E-state index contributed by atoms with van der Waals surface area (Å²) in [4.78, 5) is 0. The monoisotopic (exact) mass is 280 g/mol. The van der Waals surface area contributed by atoms with Gasteiger partial charge in [-0.25, -0.2) is 4.39 Å². The molecule has 0 amide bonds. The summed E-state index contributed by atoms with van der Waals surface area (Å²) in [6, 6.07) is 0. The van der Waals surface area contributed by atoms with Gasteiger partial charge in [-0.05, 0) is 49.9 Å². The Labute approximate surface area is 86.4 Å². The van der Waals surface area contributed by atoms with Crippen molar-refractivity contribution in [3.63, 3.8) is 0 Å². The molecule has 0 spiro atoms. The Morgan fingerprint density at radius 1 is 1.08 bits per heavy atom. The molecule has 12 heavy (non-hydrogen) atoms. The summed E-state index contributed by atoms with van der Waals surface area (Å²) >= 11 is 2.61. The van der Waals surface area contributed by atoms with Crippen LogP contribution in [0.15, 0.2) is 0 Å². The van der Waals surface area contributed by atoms with Crippen molar-refractivity contribution in [2.75, 3.05) is 0 Å². The lowest BCUT2D eigenvalue weighted by Crippen LogP contribution is -2.52. The molecule has 4 rings (SSSR count). The lowest BCUT2D eigenvalue weighted by Gasteiger charge is -2.55. The van der Waals surface area contributed by atoms with E-state index in [9.17, 15) is 4.39 Å². The van der Waals surface area contributed by atoms with Crippen LogP contribution in [0.3, 0.4) is 0 Å². The SMILES string of the molecule is FC1[C@@H]2CC3C[C@H]1CC(I)(C3)C2. The smallest absolute Gasteiger partial charge is 0.106 e. The molecule has 0 aromatic carbocycles. The van der Waals surface area contributed by atoms with Gasteiger partial charge >= 0.3 is 0 Å². The minimum absolute atomic E-state index is 0.438. The minimum Gasteiger partial charge on any atom is -0.247 e. The molecule has 0 radical (unpaired) electrons. The zero-order valence-electron chi connectivity index (χ0n) is 7.10. The average molecular weight is 280 g/mol. The fourth-order valence-corrected chi connectivity index (χ4v) is 5.62. The van der Waals surface area contributed by atoms with Gasteiger partial charge < -0.3 is 0 Å². The van der Waals surface area contributed by atoms with Crippen molar-refractivity contribution in [2.45, 2.75) is 41.7 Å². The molecule has 0 aliphatic heterocycles. The zero-order chi connectivity index (χ0) is 8.34. The van der Waals surface area contributed by atoms with Gasteiger partial charge in [0.2, 0.25) is 0 Å². The van der Waals surface area contributed by atoms with Crippen LogP contribution < -0.4 is 0 Å². The van der Waals surface area contributed by atoms with E-state index >= 15 is 0 Å². The third-order valence-corrected chi connectivity index (χ3v) is 5.40. The second kappa shape index (κ2) is 2.37. The fourth-order valence-electron chi connectivity index (χ4n) is 3.86. The molecule has 0 saturated heterocycles. The van der Waals surface area contributed by atoms with E-state index in [0.717, 1.165) is 5.92 Å². The summed E-state index contributed by atoms with van der Waals surface area (Å²) in [6.07, 6.45) is 5.67. The van der Waals surface area contributed by atoms with Crippen LogP contribution in [0.1, 0.15) is 32.1 Å². The zero-order valence-corrected chi connectivity index (χ0v) is 9.26. The molecule has 0 aromatic rings. The topological polar surface area (TPSA) is 0 Å². The van der Waals surface area contributed by atoms with Crippen LogP contribution in [0.2, 0.25) is 0 Å². The highest BCUT2D eigenvalue weighted by molar-refractivity contribution is 14.1. The number of hydrogen-bond donors (Lipinski definition) is 0. The Morgan fingerprint density at radius 2 is 1.67 bits per heavy atom. The van der Waals surface area contributed by atoms with Crippen LogP contribution in [0.4, 0.5) is 4.39 Å². The van der Waals surface area contributed by atoms with Crippen molar-refractivity contribution in [1.82, 2.24) is 0 Å². The molecule has 2 heteroatoms. The van der Waals surface area contributed by atoms with Crippen molar-refractivity contribution in [3.05, 3.63) is 0 Å². The van der Waals surface area contributed by atoms with Gasteiger partial charge in [0.15, 0.2) is 0 Å². The lowest BCUT2D eigenvalue weighted by atomic mass is 9.55. The molecular weight excluding hydrogens is 266 g/mol. The Morgan fingerprint density at radius 3 is 2.17 bits per heavy atom. The van der Waals surface area contributed by atoms with E-state index in [1.54, 1.807) is 0 Å². The summed E-state index contributed by atoms with van der Waals surface area (Å²) in [7, 11) is 0. The molecule has 0 heterocycles. The first-order valence-corrected chi connectivity index (χ1v) is 6.07. The third kappa shape index (κ3) is 0.992. The highest BCUT2D eigenvalue weighted by Crippen LogP contribution is 2.60. The van der Waals surface area contributed by atoms with Gasteiger partial charge in [-0.15, -0.1) is 0 Å². The van der Waals surface area contributed by atoms with Gasteiger partial charge in [0.1, 0.15) is 6.17 Å². The van der Waals surface area contributed by atoms with E-state index in [2.05, 4.69) is 22.6 Å². The fraction of sp³-hybridized carbons (Fsp3) is 1.00. The first-order chi connectivity index (χ1) is 5.66. The van der Waals surface area contributed by atoms with Gasteiger partial charge in [0, 0.05) is 3.42 Å². The first kappa shape index (κ1) is 8.01. The Kier molecular flexibility index (Phi) is 1.58. The van der Waals surface area contributed by atoms with E-state index in [-0.39, 0.29) is 0 Å². The predicted octanol–water partition coefficient (Wildman–Crippen LogP) is 3.34. The molecule has 4 aliphatic rings. The van der Waals surface area contributed by atoms with E-state index in [1.165, 1.54) is 32.1 Å². The molecule has 4 saturated carbocycles. The average Bonchev–Trinajstić information content (AvgIpc) is 1.96. The van der Waals surface area contributed by atoms with Gasteiger partial charge in [-0.1, -0.05) is 22.6 Å². The summed E-state index contributed by atoms with van der Waals surface area (Å²) in [6.45, 7) is 0. The van der Waals surface area contributed by atoms with Gasteiger partial charge in [-0.3, -0.25) is 0 Å². The maximum atomic E-state index is 13.7. The number of alkyl halides is 2. The van der Waals surface area contributed by atoms with Crippen LogP contribution >= 0.6 is 22.6 Å². The number of halogens is 2. The maximum Gasteiger partial charge on any atom is 0.106 e. The van der Waals surface area contributed by atoms with Gasteiger partial charge in [0.25, 0.3) is 0 Å². The summed E-state index contributed by atoms with van der Waals surface area (Å²) in [5.41, 5.74) is 0. The van der Waals surface area contributed by atoms with Crippen LogP contribution in [-0.2, 0) is 0 Å². The molecule has 0 aromatic heterocycles. The molecule has 0 N–H and O–H groups in total.